The summed E-state index contributed by atoms with van der Waals surface area (Å²) in [5, 5.41) is 10.5. The highest BCUT2D eigenvalue weighted by molar-refractivity contribution is 5.96. The Bertz CT molecular complexity index is 537. The maximum absolute atomic E-state index is 10.5. The number of benzene rings is 1. The molecule has 0 aliphatic rings. The Balaban J connectivity index is 3.00. The fourth-order valence-electron chi connectivity index (χ4n) is 2.22. The van der Waals surface area contributed by atoms with E-state index in [1.165, 1.54) is 0 Å². The van der Waals surface area contributed by atoms with Crippen molar-refractivity contribution >= 4 is 18.6 Å². The smallest absolute Gasteiger partial charge is 0.133 e. The quantitative estimate of drug-likeness (QED) is 0.419. The molecule has 0 atom stereocenters. The molecule has 0 saturated carbocycles. The second kappa shape index (κ2) is 13.3. The van der Waals surface area contributed by atoms with E-state index in [0.717, 1.165) is 74.8 Å². The van der Waals surface area contributed by atoms with Gasteiger partial charge in [0.2, 0.25) is 0 Å². The molecule has 25 heavy (non-hydrogen) atoms. The van der Waals surface area contributed by atoms with Gasteiger partial charge in [-0.2, -0.15) is 0 Å². The molecule has 0 saturated heterocycles. The van der Waals surface area contributed by atoms with Gasteiger partial charge in [0.25, 0.3) is 0 Å². The van der Waals surface area contributed by atoms with E-state index in [1.807, 2.05) is 18.3 Å². The zero-order valence-corrected chi connectivity index (χ0v) is 16.0. The number of hydrogen-bond acceptors (Lipinski definition) is 4. The highest BCUT2D eigenvalue weighted by atomic mass is 16.3. The zero-order chi connectivity index (χ0) is 18.3. The summed E-state index contributed by atoms with van der Waals surface area (Å²) in [6.07, 6.45) is 12.0. The van der Waals surface area contributed by atoms with Crippen molar-refractivity contribution in [2.45, 2.75) is 59.3 Å². The number of aromatic hydroxyl groups is 1. The third-order valence-corrected chi connectivity index (χ3v) is 3.81. The van der Waals surface area contributed by atoms with Crippen LogP contribution in [0.25, 0.3) is 0 Å². The van der Waals surface area contributed by atoms with Gasteiger partial charge < -0.3 is 5.11 Å². The molecule has 1 rings (SSSR count). The molecule has 1 N–H and O–H groups in total. The third kappa shape index (κ3) is 8.62. The van der Waals surface area contributed by atoms with Crippen molar-refractivity contribution in [3.63, 3.8) is 0 Å². The molecule has 1 aromatic carbocycles. The molecule has 0 radical (unpaired) electrons. The Hall–Kier alpha value is -1.97. The number of unbranched alkanes of at least 4 members (excludes halogenated alkanes) is 3. The number of aliphatic imine (C=N–C) groups is 3. The van der Waals surface area contributed by atoms with E-state index < -0.39 is 0 Å². The topological polar surface area (TPSA) is 57.3 Å². The van der Waals surface area contributed by atoms with E-state index in [2.05, 4.69) is 35.7 Å². The largest absolute Gasteiger partial charge is 0.507 e. The molecule has 4 nitrogen and oxygen atoms in total. The highest BCUT2D eigenvalue weighted by Crippen LogP contribution is 2.22. The Morgan fingerprint density at radius 3 is 1.52 bits per heavy atom. The maximum Gasteiger partial charge on any atom is 0.133 e. The second-order valence-corrected chi connectivity index (χ2v) is 6.21. The van der Waals surface area contributed by atoms with E-state index in [-0.39, 0.29) is 5.75 Å². The van der Waals surface area contributed by atoms with Gasteiger partial charge in [-0.15, -0.1) is 0 Å². The van der Waals surface area contributed by atoms with Gasteiger partial charge >= 0.3 is 0 Å². The van der Waals surface area contributed by atoms with Crippen LogP contribution in [0.1, 0.15) is 76.0 Å². The van der Waals surface area contributed by atoms with Crippen molar-refractivity contribution in [1.29, 1.82) is 0 Å². The van der Waals surface area contributed by atoms with Crippen LogP contribution < -0.4 is 0 Å². The lowest BCUT2D eigenvalue weighted by molar-refractivity contribution is 0.473. The lowest BCUT2D eigenvalue weighted by Crippen LogP contribution is -1.96. The SMILES string of the molecule is CCCCN=Cc1cc(C=NCCCC)c(O)c(C=NCCCC)c1. The minimum absolute atomic E-state index is 0.242. The fourth-order valence-corrected chi connectivity index (χ4v) is 2.22. The molecule has 0 aliphatic heterocycles. The van der Waals surface area contributed by atoms with Crippen LogP contribution in [-0.2, 0) is 0 Å². The lowest BCUT2D eigenvalue weighted by atomic mass is 10.1. The van der Waals surface area contributed by atoms with Crippen LogP contribution in [0.15, 0.2) is 27.1 Å². The number of nitrogens with zero attached hydrogens (tertiary/aromatic N) is 3. The first-order chi connectivity index (χ1) is 12.2. The van der Waals surface area contributed by atoms with Gasteiger partial charge in [-0.05, 0) is 37.0 Å². The number of phenols is 1. The van der Waals surface area contributed by atoms with Gasteiger partial charge in [-0.3, -0.25) is 15.0 Å². The first kappa shape index (κ1) is 21.1. The monoisotopic (exact) mass is 343 g/mol. The fraction of sp³-hybridized carbons (Fsp3) is 0.571. The van der Waals surface area contributed by atoms with Crippen molar-refractivity contribution in [3.05, 3.63) is 28.8 Å². The van der Waals surface area contributed by atoms with Crippen LogP contribution in [0.2, 0.25) is 0 Å². The van der Waals surface area contributed by atoms with Crippen LogP contribution >= 0.6 is 0 Å². The lowest BCUT2D eigenvalue weighted by Gasteiger charge is -2.06. The Morgan fingerprint density at radius 1 is 0.720 bits per heavy atom. The molecule has 0 heterocycles. The van der Waals surface area contributed by atoms with Crippen molar-refractivity contribution in [2.24, 2.45) is 15.0 Å². The third-order valence-electron chi connectivity index (χ3n) is 3.81. The molecule has 0 aliphatic carbocycles. The summed E-state index contributed by atoms with van der Waals surface area (Å²) < 4.78 is 0. The Labute approximate surface area is 152 Å². The van der Waals surface area contributed by atoms with Crippen LogP contribution in [-0.4, -0.2) is 43.4 Å². The molecular formula is C21H33N3O. The zero-order valence-electron chi connectivity index (χ0n) is 16.0. The normalized spacial score (nSPS) is 12.1. The molecule has 0 spiro atoms. The van der Waals surface area contributed by atoms with Crippen molar-refractivity contribution in [1.82, 2.24) is 0 Å². The second-order valence-electron chi connectivity index (χ2n) is 6.21. The van der Waals surface area contributed by atoms with E-state index in [9.17, 15) is 5.11 Å². The molecule has 1 aromatic rings. The van der Waals surface area contributed by atoms with E-state index in [4.69, 9.17) is 0 Å². The Kier molecular flexibility index (Phi) is 11.2. The summed E-state index contributed by atoms with van der Waals surface area (Å²) in [5.41, 5.74) is 2.43. The average molecular weight is 344 g/mol. The molecule has 138 valence electrons. The van der Waals surface area contributed by atoms with Crippen LogP contribution in [0.5, 0.6) is 5.75 Å². The molecule has 0 aromatic heterocycles. The number of phenolic OH excluding ortho intramolecular Hbond substituents is 1. The summed E-state index contributed by atoms with van der Waals surface area (Å²) in [4.78, 5) is 13.3. The van der Waals surface area contributed by atoms with Crippen molar-refractivity contribution in [2.75, 3.05) is 19.6 Å². The van der Waals surface area contributed by atoms with Gasteiger partial charge in [0.15, 0.2) is 0 Å². The summed E-state index contributed by atoms with van der Waals surface area (Å²) in [7, 11) is 0. The highest BCUT2D eigenvalue weighted by Gasteiger charge is 2.06. The van der Waals surface area contributed by atoms with E-state index in [0.29, 0.717) is 0 Å². The predicted octanol–water partition coefficient (Wildman–Crippen LogP) is 5.05. The molecule has 0 unspecified atom stereocenters. The van der Waals surface area contributed by atoms with Crippen LogP contribution in [0.3, 0.4) is 0 Å². The number of hydrogen-bond donors (Lipinski definition) is 1. The van der Waals surface area contributed by atoms with Gasteiger partial charge in [-0.25, -0.2) is 0 Å². The summed E-state index contributed by atoms with van der Waals surface area (Å²) in [5.74, 6) is 0.242. The van der Waals surface area contributed by atoms with Crippen LogP contribution in [0.4, 0.5) is 0 Å². The molecule has 4 heteroatoms. The van der Waals surface area contributed by atoms with Gasteiger partial charge in [0.1, 0.15) is 5.75 Å². The number of rotatable bonds is 12. The van der Waals surface area contributed by atoms with Gasteiger partial charge in [0.05, 0.1) is 0 Å². The molecule has 0 amide bonds. The molecule has 0 fully saturated rings. The molecular weight excluding hydrogens is 310 g/mol. The maximum atomic E-state index is 10.5. The average Bonchev–Trinajstić information content (AvgIpc) is 2.62. The predicted molar refractivity (Wildman–Crippen MR) is 110 cm³/mol. The molecule has 0 bridgehead atoms. The van der Waals surface area contributed by atoms with Crippen LogP contribution in [0, 0.1) is 0 Å². The first-order valence-corrected chi connectivity index (χ1v) is 9.59. The van der Waals surface area contributed by atoms with Crippen molar-refractivity contribution in [3.8, 4) is 5.75 Å². The first-order valence-electron chi connectivity index (χ1n) is 9.59. The van der Waals surface area contributed by atoms with Crippen molar-refractivity contribution < 1.29 is 5.11 Å². The summed E-state index contributed by atoms with van der Waals surface area (Å²) >= 11 is 0. The van der Waals surface area contributed by atoms with E-state index in [1.54, 1.807) is 12.4 Å². The van der Waals surface area contributed by atoms with Gasteiger partial charge in [0, 0.05) is 49.4 Å². The minimum Gasteiger partial charge on any atom is -0.507 e. The Morgan fingerprint density at radius 2 is 1.12 bits per heavy atom. The van der Waals surface area contributed by atoms with Gasteiger partial charge in [-0.1, -0.05) is 40.0 Å². The standard InChI is InChI=1S/C21H33N3O/c1-4-7-10-22-15-18-13-19(16-23-11-8-5-2)21(25)20(14-18)17-24-12-9-6-3/h13-17,25H,4-12H2,1-3H3. The summed E-state index contributed by atoms with van der Waals surface area (Å²) in [6, 6.07) is 3.87. The minimum atomic E-state index is 0.242. The summed E-state index contributed by atoms with van der Waals surface area (Å²) in [6.45, 7) is 8.84. The van der Waals surface area contributed by atoms with E-state index >= 15 is 0 Å².